The molecule has 21 heavy (non-hydrogen) atoms. The van der Waals surface area contributed by atoms with Crippen LogP contribution in [0, 0.1) is 0 Å². The first-order valence-corrected chi connectivity index (χ1v) is 8.04. The lowest BCUT2D eigenvalue weighted by Crippen LogP contribution is -2.37. The molecule has 2 amide bonds. The van der Waals surface area contributed by atoms with E-state index < -0.39 is 0 Å². The number of carbonyl (C=O) groups is 1. The molecule has 0 spiro atoms. The normalized spacial score (nSPS) is 18.0. The lowest BCUT2D eigenvalue weighted by atomic mass is 10.1. The summed E-state index contributed by atoms with van der Waals surface area (Å²) in [5.41, 5.74) is 8.35. The van der Waals surface area contributed by atoms with Crippen molar-refractivity contribution in [2.45, 2.75) is 25.8 Å². The van der Waals surface area contributed by atoms with Crippen molar-refractivity contribution in [1.29, 1.82) is 0 Å². The minimum Gasteiger partial charge on any atom is -0.397 e. The van der Waals surface area contributed by atoms with Crippen molar-refractivity contribution in [3.05, 3.63) is 35.7 Å². The van der Waals surface area contributed by atoms with Gasteiger partial charge in [0.05, 0.1) is 11.4 Å². The van der Waals surface area contributed by atoms with Gasteiger partial charge in [-0.15, -0.1) is 11.3 Å². The molecule has 110 valence electrons. The van der Waals surface area contributed by atoms with Gasteiger partial charge in [-0.1, -0.05) is 12.1 Å². The van der Waals surface area contributed by atoms with Gasteiger partial charge in [0.2, 0.25) is 0 Å². The molecule has 1 aromatic heterocycles. The van der Waals surface area contributed by atoms with Crippen molar-refractivity contribution in [2.75, 3.05) is 17.6 Å². The van der Waals surface area contributed by atoms with Crippen molar-refractivity contribution >= 4 is 28.7 Å². The summed E-state index contributed by atoms with van der Waals surface area (Å²) >= 11 is 1.67. The van der Waals surface area contributed by atoms with E-state index in [9.17, 15) is 4.79 Å². The third-order valence-electron chi connectivity index (χ3n) is 3.91. The predicted octanol–water partition coefficient (Wildman–Crippen LogP) is 4.01. The van der Waals surface area contributed by atoms with E-state index in [4.69, 9.17) is 5.73 Å². The maximum absolute atomic E-state index is 12.3. The Labute approximate surface area is 128 Å². The van der Waals surface area contributed by atoms with Crippen LogP contribution >= 0.6 is 11.3 Å². The summed E-state index contributed by atoms with van der Waals surface area (Å²) in [5.74, 6) is 0. The van der Waals surface area contributed by atoms with Crippen LogP contribution in [0.5, 0.6) is 0 Å². The Morgan fingerprint density at radius 1 is 1.43 bits per heavy atom. The van der Waals surface area contributed by atoms with E-state index in [1.54, 1.807) is 11.3 Å². The van der Waals surface area contributed by atoms with Gasteiger partial charge in [-0.3, -0.25) is 0 Å². The molecule has 3 rings (SSSR count). The Kier molecular flexibility index (Phi) is 3.84. The molecule has 0 bridgehead atoms. The van der Waals surface area contributed by atoms with Gasteiger partial charge in [-0.2, -0.15) is 0 Å². The molecule has 1 saturated heterocycles. The molecule has 1 aliphatic heterocycles. The van der Waals surface area contributed by atoms with E-state index >= 15 is 0 Å². The van der Waals surface area contributed by atoms with E-state index in [1.165, 1.54) is 4.88 Å². The molecule has 1 aliphatic rings. The van der Waals surface area contributed by atoms with Crippen LogP contribution in [0.2, 0.25) is 0 Å². The molecular weight excluding hydrogens is 282 g/mol. The van der Waals surface area contributed by atoms with E-state index in [0.717, 1.165) is 24.9 Å². The topological polar surface area (TPSA) is 58.4 Å². The minimum atomic E-state index is -0.0602. The SMILES string of the molecule is CC1CCCN1C(=O)Nc1cc(-c2cccs2)ccc1N. The second kappa shape index (κ2) is 5.77. The molecule has 1 aromatic carbocycles. The summed E-state index contributed by atoms with van der Waals surface area (Å²) in [6, 6.07) is 10.1. The summed E-state index contributed by atoms with van der Waals surface area (Å²) < 4.78 is 0. The molecule has 3 N–H and O–H groups in total. The Bertz CT molecular complexity index is 639. The smallest absolute Gasteiger partial charge is 0.322 e. The van der Waals surface area contributed by atoms with Crippen LogP contribution < -0.4 is 11.1 Å². The van der Waals surface area contributed by atoms with Gasteiger partial charge in [-0.25, -0.2) is 4.79 Å². The summed E-state index contributed by atoms with van der Waals surface area (Å²) in [5, 5.41) is 4.99. The number of rotatable bonds is 2. The summed E-state index contributed by atoms with van der Waals surface area (Å²) in [6.07, 6.45) is 2.14. The largest absolute Gasteiger partial charge is 0.397 e. The number of hydrogen-bond acceptors (Lipinski definition) is 3. The van der Waals surface area contributed by atoms with Gasteiger partial charge in [0.15, 0.2) is 0 Å². The van der Waals surface area contributed by atoms with Gasteiger partial charge in [0.25, 0.3) is 0 Å². The summed E-state index contributed by atoms with van der Waals surface area (Å²) in [6.45, 7) is 2.90. The molecular formula is C16H19N3OS. The fourth-order valence-corrected chi connectivity index (χ4v) is 3.41. The quantitative estimate of drug-likeness (QED) is 0.823. The Balaban J connectivity index is 1.81. The third kappa shape index (κ3) is 2.88. The van der Waals surface area contributed by atoms with E-state index in [-0.39, 0.29) is 6.03 Å². The number of thiophene rings is 1. The van der Waals surface area contributed by atoms with Gasteiger partial charge in [0.1, 0.15) is 0 Å². The average Bonchev–Trinajstić information content (AvgIpc) is 3.12. The van der Waals surface area contributed by atoms with E-state index in [0.29, 0.717) is 17.4 Å². The highest BCUT2D eigenvalue weighted by atomic mass is 32.1. The van der Waals surface area contributed by atoms with E-state index in [2.05, 4.69) is 18.3 Å². The van der Waals surface area contributed by atoms with Crippen molar-refractivity contribution in [1.82, 2.24) is 4.90 Å². The van der Waals surface area contributed by atoms with Gasteiger partial charge < -0.3 is 16.0 Å². The molecule has 1 atom stereocenters. The molecule has 1 fully saturated rings. The standard InChI is InChI=1S/C16H19N3OS/c1-11-4-2-8-19(11)16(20)18-14-10-12(6-7-13(14)17)15-5-3-9-21-15/h3,5-7,9-11H,2,4,8,17H2,1H3,(H,18,20). The minimum absolute atomic E-state index is 0.0602. The van der Waals surface area contributed by atoms with Crippen LogP contribution in [0.15, 0.2) is 35.7 Å². The first-order chi connectivity index (χ1) is 10.1. The maximum atomic E-state index is 12.3. The van der Waals surface area contributed by atoms with Crippen LogP contribution in [0.25, 0.3) is 10.4 Å². The van der Waals surface area contributed by atoms with Crippen LogP contribution in [0.3, 0.4) is 0 Å². The molecule has 4 nitrogen and oxygen atoms in total. The molecule has 0 radical (unpaired) electrons. The van der Waals surface area contributed by atoms with Crippen LogP contribution in [0.4, 0.5) is 16.2 Å². The molecule has 5 heteroatoms. The van der Waals surface area contributed by atoms with Crippen LogP contribution in [-0.2, 0) is 0 Å². The Morgan fingerprint density at radius 3 is 2.95 bits per heavy atom. The van der Waals surface area contributed by atoms with Crippen LogP contribution in [0.1, 0.15) is 19.8 Å². The Morgan fingerprint density at radius 2 is 2.29 bits per heavy atom. The second-order valence-electron chi connectivity index (χ2n) is 5.39. The number of anilines is 2. The van der Waals surface area contributed by atoms with Gasteiger partial charge in [-0.05, 0) is 48.9 Å². The van der Waals surface area contributed by atoms with Gasteiger partial charge in [0, 0.05) is 17.5 Å². The number of urea groups is 1. The van der Waals surface area contributed by atoms with E-state index in [1.807, 2.05) is 34.5 Å². The number of hydrogen-bond donors (Lipinski definition) is 2. The predicted molar refractivity (Wildman–Crippen MR) is 88.6 cm³/mol. The summed E-state index contributed by atoms with van der Waals surface area (Å²) in [7, 11) is 0. The number of likely N-dealkylation sites (tertiary alicyclic amines) is 1. The van der Waals surface area contributed by atoms with Crippen molar-refractivity contribution in [3.8, 4) is 10.4 Å². The molecule has 2 heterocycles. The number of nitrogen functional groups attached to an aromatic ring is 1. The zero-order chi connectivity index (χ0) is 14.8. The molecule has 2 aromatic rings. The zero-order valence-corrected chi connectivity index (χ0v) is 12.8. The number of carbonyl (C=O) groups excluding carboxylic acids is 1. The number of benzene rings is 1. The number of amides is 2. The third-order valence-corrected chi connectivity index (χ3v) is 4.83. The van der Waals surface area contributed by atoms with Crippen LogP contribution in [-0.4, -0.2) is 23.5 Å². The fraction of sp³-hybridized carbons (Fsp3) is 0.312. The molecule has 1 unspecified atom stereocenters. The maximum Gasteiger partial charge on any atom is 0.322 e. The highest BCUT2D eigenvalue weighted by molar-refractivity contribution is 7.13. The molecule has 0 aliphatic carbocycles. The monoisotopic (exact) mass is 301 g/mol. The summed E-state index contributed by atoms with van der Waals surface area (Å²) in [4.78, 5) is 15.4. The van der Waals surface area contributed by atoms with Gasteiger partial charge >= 0.3 is 6.03 Å². The lowest BCUT2D eigenvalue weighted by Gasteiger charge is -2.22. The highest BCUT2D eigenvalue weighted by Gasteiger charge is 2.25. The average molecular weight is 301 g/mol. The number of nitrogens with one attached hydrogen (secondary N) is 1. The van der Waals surface area contributed by atoms with Crippen molar-refractivity contribution < 1.29 is 4.79 Å². The zero-order valence-electron chi connectivity index (χ0n) is 12.0. The molecule has 0 saturated carbocycles. The first kappa shape index (κ1) is 13.9. The first-order valence-electron chi connectivity index (χ1n) is 7.16. The highest BCUT2D eigenvalue weighted by Crippen LogP contribution is 2.30. The van der Waals surface area contributed by atoms with Crippen molar-refractivity contribution in [2.24, 2.45) is 0 Å². The van der Waals surface area contributed by atoms with Crippen molar-refractivity contribution in [3.63, 3.8) is 0 Å². The number of nitrogens with zero attached hydrogens (tertiary/aromatic N) is 1. The lowest BCUT2D eigenvalue weighted by molar-refractivity contribution is 0.210. The Hall–Kier alpha value is -2.01. The second-order valence-corrected chi connectivity index (χ2v) is 6.34. The fourth-order valence-electron chi connectivity index (χ4n) is 2.68. The number of nitrogens with two attached hydrogens (primary N) is 1.